The molecule has 0 aliphatic rings. The van der Waals surface area contributed by atoms with Crippen molar-refractivity contribution in [2.45, 2.75) is 13.0 Å². The lowest BCUT2D eigenvalue weighted by Crippen LogP contribution is -2.17. The molecule has 0 aliphatic carbocycles. The van der Waals surface area contributed by atoms with Gasteiger partial charge >= 0.3 is 6.36 Å². The van der Waals surface area contributed by atoms with Crippen molar-refractivity contribution in [3.8, 4) is 5.75 Å². The van der Waals surface area contributed by atoms with Crippen molar-refractivity contribution in [3.05, 3.63) is 71.9 Å². The summed E-state index contributed by atoms with van der Waals surface area (Å²) in [4.78, 5) is 0. The van der Waals surface area contributed by atoms with Crippen LogP contribution in [0.25, 0.3) is 5.57 Å². The standard InChI is InChI=1S/C17H15F3N2O2/c18-17(19,20)24-14-8-6-13(7-9-14)15(10-21)16(22)23-11-12-4-2-1-3-5-12/h1-10,22H,11,21H2/b15-10-,22-16?. The molecule has 2 rings (SSSR count). The van der Waals surface area contributed by atoms with Crippen molar-refractivity contribution in [1.82, 2.24) is 0 Å². The number of halogens is 3. The summed E-state index contributed by atoms with van der Waals surface area (Å²) in [6.45, 7) is 0.187. The lowest BCUT2D eigenvalue weighted by molar-refractivity contribution is -0.274. The number of hydrogen-bond acceptors (Lipinski definition) is 4. The zero-order valence-corrected chi connectivity index (χ0v) is 12.5. The van der Waals surface area contributed by atoms with Gasteiger partial charge in [0.2, 0.25) is 5.90 Å². The maximum absolute atomic E-state index is 12.1. The van der Waals surface area contributed by atoms with Crippen molar-refractivity contribution in [2.24, 2.45) is 5.73 Å². The Balaban J connectivity index is 2.04. The van der Waals surface area contributed by atoms with Gasteiger partial charge in [-0.15, -0.1) is 13.2 Å². The first-order valence-corrected chi connectivity index (χ1v) is 6.93. The summed E-state index contributed by atoms with van der Waals surface area (Å²) in [7, 11) is 0. The van der Waals surface area contributed by atoms with Gasteiger partial charge in [-0.2, -0.15) is 0 Å². The van der Waals surface area contributed by atoms with Crippen LogP contribution in [0.4, 0.5) is 13.2 Å². The molecule has 4 nitrogen and oxygen atoms in total. The third kappa shape index (κ3) is 5.05. The van der Waals surface area contributed by atoms with E-state index in [0.717, 1.165) is 17.7 Å². The van der Waals surface area contributed by atoms with Crippen LogP contribution in [0, 0.1) is 5.41 Å². The molecule has 0 spiro atoms. The van der Waals surface area contributed by atoms with Gasteiger partial charge in [-0.1, -0.05) is 42.5 Å². The summed E-state index contributed by atoms with van der Waals surface area (Å²) in [5.41, 5.74) is 7.12. The number of hydrogen-bond donors (Lipinski definition) is 2. The van der Waals surface area contributed by atoms with E-state index in [1.54, 1.807) is 0 Å². The number of ether oxygens (including phenoxy) is 2. The highest BCUT2D eigenvalue weighted by atomic mass is 19.4. The summed E-state index contributed by atoms with van der Waals surface area (Å²) in [6, 6.07) is 14.3. The maximum Gasteiger partial charge on any atom is 0.573 e. The fourth-order valence-corrected chi connectivity index (χ4v) is 1.95. The highest BCUT2D eigenvalue weighted by Crippen LogP contribution is 2.25. The molecule has 126 valence electrons. The summed E-state index contributed by atoms with van der Waals surface area (Å²) in [5.74, 6) is -0.523. The van der Waals surface area contributed by atoms with Crippen molar-refractivity contribution in [3.63, 3.8) is 0 Å². The average Bonchev–Trinajstić information content (AvgIpc) is 2.55. The Morgan fingerprint density at radius 2 is 1.67 bits per heavy atom. The predicted octanol–water partition coefficient (Wildman–Crippen LogP) is 4.08. The van der Waals surface area contributed by atoms with E-state index in [4.69, 9.17) is 15.9 Å². The van der Waals surface area contributed by atoms with E-state index in [9.17, 15) is 13.2 Å². The maximum atomic E-state index is 12.1. The van der Waals surface area contributed by atoms with E-state index in [2.05, 4.69) is 4.74 Å². The van der Waals surface area contributed by atoms with Gasteiger partial charge < -0.3 is 15.2 Å². The molecular formula is C17H15F3N2O2. The molecule has 7 heteroatoms. The van der Waals surface area contributed by atoms with Gasteiger partial charge in [0.25, 0.3) is 0 Å². The van der Waals surface area contributed by atoms with Gasteiger partial charge in [-0.05, 0) is 23.3 Å². The van der Waals surface area contributed by atoms with E-state index >= 15 is 0 Å². The molecule has 24 heavy (non-hydrogen) atoms. The zero-order valence-electron chi connectivity index (χ0n) is 12.5. The highest BCUT2D eigenvalue weighted by Gasteiger charge is 2.31. The molecule has 0 aromatic heterocycles. The molecule has 0 saturated carbocycles. The molecule has 0 radical (unpaired) electrons. The third-order valence-corrected chi connectivity index (χ3v) is 3.04. The van der Waals surface area contributed by atoms with Gasteiger partial charge in [0.05, 0.1) is 5.57 Å². The van der Waals surface area contributed by atoms with Crippen LogP contribution in [0.1, 0.15) is 11.1 Å². The van der Waals surface area contributed by atoms with Crippen LogP contribution in [0.3, 0.4) is 0 Å². The minimum absolute atomic E-state index is 0.175. The summed E-state index contributed by atoms with van der Waals surface area (Å²) >= 11 is 0. The average molecular weight is 336 g/mol. The Morgan fingerprint density at radius 1 is 1.04 bits per heavy atom. The molecule has 0 saturated heterocycles. The molecule has 2 aromatic carbocycles. The van der Waals surface area contributed by atoms with E-state index < -0.39 is 6.36 Å². The Morgan fingerprint density at radius 3 is 2.21 bits per heavy atom. The molecule has 0 bridgehead atoms. The fourth-order valence-electron chi connectivity index (χ4n) is 1.95. The lowest BCUT2D eigenvalue weighted by Gasteiger charge is -2.12. The van der Waals surface area contributed by atoms with Crippen LogP contribution < -0.4 is 10.5 Å². The molecule has 3 N–H and O–H groups in total. The normalized spacial score (nSPS) is 11.9. The van der Waals surface area contributed by atoms with Crippen molar-refractivity contribution in [1.29, 1.82) is 5.41 Å². The molecule has 0 aliphatic heterocycles. The van der Waals surface area contributed by atoms with Gasteiger partial charge in [0.15, 0.2) is 0 Å². The zero-order chi connectivity index (χ0) is 17.6. The summed E-state index contributed by atoms with van der Waals surface area (Å²) < 4.78 is 45.6. The van der Waals surface area contributed by atoms with E-state index in [1.165, 1.54) is 18.3 Å². The molecule has 0 heterocycles. The lowest BCUT2D eigenvalue weighted by atomic mass is 10.1. The molecule has 0 atom stereocenters. The van der Waals surface area contributed by atoms with Gasteiger partial charge in [-0.25, -0.2) is 0 Å². The number of benzene rings is 2. The van der Waals surface area contributed by atoms with Crippen LogP contribution in [-0.4, -0.2) is 12.3 Å². The second kappa shape index (κ2) is 7.54. The second-order valence-corrected chi connectivity index (χ2v) is 4.76. The first-order chi connectivity index (χ1) is 11.4. The first kappa shape index (κ1) is 17.4. The van der Waals surface area contributed by atoms with Crippen molar-refractivity contribution >= 4 is 11.5 Å². The first-order valence-electron chi connectivity index (χ1n) is 6.93. The summed E-state index contributed by atoms with van der Waals surface area (Å²) in [6.07, 6.45) is -3.58. The Hall–Kier alpha value is -2.96. The highest BCUT2D eigenvalue weighted by molar-refractivity contribution is 6.17. The van der Waals surface area contributed by atoms with Crippen molar-refractivity contribution in [2.75, 3.05) is 0 Å². The minimum atomic E-state index is -4.75. The van der Waals surface area contributed by atoms with Gasteiger partial charge in [-0.3, -0.25) is 5.41 Å². The Bertz CT molecular complexity index is 711. The molecule has 0 amide bonds. The van der Waals surface area contributed by atoms with Crippen molar-refractivity contribution < 1.29 is 22.6 Å². The fraction of sp³-hybridized carbons (Fsp3) is 0.118. The number of rotatable bonds is 5. The van der Waals surface area contributed by atoms with Crippen LogP contribution >= 0.6 is 0 Å². The minimum Gasteiger partial charge on any atom is -0.473 e. The third-order valence-electron chi connectivity index (χ3n) is 3.04. The summed E-state index contributed by atoms with van der Waals surface area (Å²) in [5, 5.41) is 7.95. The van der Waals surface area contributed by atoms with E-state index in [1.807, 2.05) is 30.3 Å². The second-order valence-electron chi connectivity index (χ2n) is 4.76. The number of nitrogens with one attached hydrogen (secondary N) is 1. The van der Waals surface area contributed by atoms with Gasteiger partial charge in [0, 0.05) is 6.20 Å². The quantitative estimate of drug-likeness (QED) is 0.638. The van der Waals surface area contributed by atoms with Gasteiger partial charge in [0.1, 0.15) is 12.4 Å². The predicted molar refractivity (Wildman–Crippen MR) is 84.2 cm³/mol. The Labute approximate surface area is 136 Å². The largest absolute Gasteiger partial charge is 0.573 e. The molecule has 0 fully saturated rings. The number of nitrogens with two attached hydrogens (primary N) is 1. The Kier molecular flexibility index (Phi) is 5.47. The van der Waals surface area contributed by atoms with E-state index in [-0.39, 0.29) is 23.8 Å². The van der Waals surface area contributed by atoms with Crippen LogP contribution in [-0.2, 0) is 11.3 Å². The SMILES string of the molecule is N=C(OCc1ccccc1)/C(=C\N)c1ccc(OC(F)(F)F)cc1. The number of alkyl halides is 3. The molecular weight excluding hydrogens is 321 g/mol. The molecule has 0 unspecified atom stereocenters. The molecule has 2 aromatic rings. The van der Waals surface area contributed by atoms with Crippen LogP contribution in [0.5, 0.6) is 5.75 Å². The topological polar surface area (TPSA) is 68.3 Å². The van der Waals surface area contributed by atoms with E-state index in [0.29, 0.717) is 5.56 Å². The monoisotopic (exact) mass is 336 g/mol. The smallest absolute Gasteiger partial charge is 0.473 e. The van der Waals surface area contributed by atoms with Crippen LogP contribution in [0.15, 0.2) is 60.8 Å². The van der Waals surface area contributed by atoms with Crippen LogP contribution in [0.2, 0.25) is 0 Å².